The van der Waals surface area contributed by atoms with E-state index in [0.29, 0.717) is 17.0 Å². The second kappa shape index (κ2) is 5.45. The molecule has 0 spiro atoms. The normalized spacial score (nSPS) is 19.7. The van der Waals surface area contributed by atoms with Gasteiger partial charge in [0.05, 0.1) is 10.7 Å². The molecule has 1 fully saturated rings. The lowest BCUT2D eigenvalue weighted by atomic mass is 9.85. The van der Waals surface area contributed by atoms with Crippen molar-refractivity contribution < 1.29 is 0 Å². The fourth-order valence-electron chi connectivity index (χ4n) is 2.44. The maximum absolute atomic E-state index is 6.05. The second-order valence-corrected chi connectivity index (χ2v) is 6.21. The van der Waals surface area contributed by atoms with Gasteiger partial charge in [-0.25, -0.2) is 4.98 Å². The molecule has 4 heteroatoms. The maximum Gasteiger partial charge on any atom is 0.128 e. The van der Waals surface area contributed by atoms with Crippen molar-refractivity contribution in [1.29, 1.82) is 0 Å². The first-order chi connectivity index (χ1) is 8.52. The molecule has 0 aromatic carbocycles. The summed E-state index contributed by atoms with van der Waals surface area (Å²) in [5.74, 6) is 1.01. The minimum absolute atomic E-state index is 0.395. The van der Waals surface area contributed by atoms with Gasteiger partial charge in [-0.3, -0.25) is 0 Å². The molecule has 0 amide bonds. The predicted molar refractivity (Wildman–Crippen MR) is 77.0 cm³/mol. The highest BCUT2D eigenvalue weighted by Crippen LogP contribution is 2.31. The number of nitrogens with zero attached hydrogens (tertiary/aromatic N) is 2. The Morgan fingerprint density at radius 1 is 1.33 bits per heavy atom. The molecule has 0 bridgehead atoms. The lowest BCUT2D eigenvalue weighted by Gasteiger charge is -2.24. The molecule has 3 nitrogen and oxygen atoms in total. The van der Waals surface area contributed by atoms with E-state index in [1.54, 1.807) is 0 Å². The third kappa shape index (κ3) is 3.15. The monoisotopic (exact) mass is 267 g/mol. The lowest BCUT2D eigenvalue weighted by molar-refractivity contribution is 0.325. The molecule has 18 heavy (non-hydrogen) atoms. The molecule has 1 aliphatic heterocycles. The SMILES string of the molecule is CC1(C)CCCN(c2ccc(Cl)c(CN)n2)CC1. The van der Waals surface area contributed by atoms with Crippen molar-refractivity contribution in [2.75, 3.05) is 18.0 Å². The highest BCUT2D eigenvalue weighted by atomic mass is 35.5. The number of aromatic nitrogens is 1. The van der Waals surface area contributed by atoms with Gasteiger partial charge >= 0.3 is 0 Å². The Hall–Kier alpha value is -0.800. The van der Waals surface area contributed by atoms with Crippen LogP contribution in [0.1, 0.15) is 38.8 Å². The van der Waals surface area contributed by atoms with Gasteiger partial charge in [-0.2, -0.15) is 0 Å². The van der Waals surface area contributed by atoms with Gasteiger partial charge in [0.1, 0.15) is 5.82 Å². The molecule has 2 rings (SSSR count). The predicted octanol–water partition coefficient (Wildman–Crippen LogP) is 3.21. The Bertz CT molecular complexity index is 418. The van der Waals surface area contributed by atoms with E-state index in [9.17, 15) is 0 Å². The molecule has 1 saturated heterocycles. The zero-order chi connectivity index (χ0) is 13.2. The molecule has 0 saturated carbocycles. The summed E-state index contributed by atoms with van der Waals surface area (Å²) < 4.78 is 0. The van der Waals surface area contributed by atoms with Gasteiger partial charge in [-0.15, -0.1) is 0 Å². The van der Waals surface area contributed by atoms with Gasteiger partial charge in [0.25, 0.3) is 0 Å². The van der Waals surface area contributed by atoms with Crippen LogP contribution in [0.3, 0.4) is 0 Å². The van der Waals surface area contributed by atoms with E-state index in [0.717, 1.165) is 24.6 Å². The Balaban J connectivity index is 2.16. The lowest BCUT2D eigenvalue weighted by Crippen LogP contribution is -2.26. The Kier molecular flexibility index (Phi) is 4.13. The standard InChI is InChI=1S/C14H22ClN3/c1-14(2)6-3-8-18(9-7-14)13-5-4-11(15)12(10-16)17-13/h4-5H,3,6-10,16H2,1-2H3. The quantitative estimate of drug-likeness (QED) is 0.895. The molecule has 0 atom stereocenters. The first kappa shape index (κ1) is 13.6. The van der Waals surface area contributed by atoms with E-state index >= 15 is 0 Å². The summed E-state index contributed by atoms with van der Waals surface area (Å²) in [5, 5.41) is 0.663. The van der Waals surface area contributed by atoms with Crippen molar-refractivity contribution in [3.05, 3.63) is 22.8 Å². The van der Waals surface area contributed by atoms with Gasteiger partial charge in [-0.1, -0.05) is 25.4 Å². The topological polar surface area (TPSA) is 42.1 Å². The summed E-state index contributed by atoms with van der Waals surface area (Å²) in [7, 11) is 0. The highest BCUT2D eigenvalue weighted by molar-refractivity contribution is 6.31. The second-order valence-electron chi connectivity index (χ2n) is 5.81. The average molecular weight is 268 g/mol. The maximum atomic E-state index is 6.05. The van der Waals surface area contributed by atoms with Crippen LogP contribution in [0.15, 0.2) is 12.1 Å². The van der Waals surface area contributed by atoms with E-state index in [-0.39, 0.29) is 0 Å². The summed E-state index contributed by atoms with van der Waals surface area (Å²) in [4.78, 5) is 6.92. The number of halogens is 1. The zero-order valence-electron chi connectivity index (χ0n) is 11.2. The number of hydrogen-bond donors (Lipinski definition) is 1. The van der Waals surface area contributed by atoms with Crippen LogP contribution < -0.4 is 10.6 Å². The molecule has 2 heterocycles. The Labute approximate surface area is 114 Å². The zero-order valence-corrected chi connectivity index (χ0v) is 12.0. The summed E-state index contributed by atoms with van der Waals surface area (Å²) in [6.07, 6.45) is 3.70. The van der Waals surface area contributed by atoms with E-state index in [1.807, 2.05) is 12.1 Å². The molecule has 0 unspecified atom stereocenters. The van der Waals surface area contributed by atoms with Crippen LogP contribution in [0.4, 0.5) is 5.82 Å². The number of pyridine rings is 1. The molecule has 1 aliphatic rings. The van der Waals surface area contributed by atoms with Gasteiger partial charge in [0, 0.05) is 19.6 Å². The van der Waals surface area contributed by atoms with Gasteiger partial charge in [0.2, 0.25) is 0 Å². The summed E-state index contributed by atoms with van der Waals surface area (Å²) in [6.45, 7) is 7.22. The Morgan fingerprint density at radius 2 is 2.11 bits per heavy atom. The number of nitrogens with two attached hydrogens (primary N) is 1. The third-order valence-corrected chi connectivity index (χ3v) is 4.11. The molecule has 1 aromatic rings. The molecule has 1 aromatic heterocycles. The number of anilines is 1. The number of rotatable bonds is 2. The first-order valence-corrected chi connectivity index (χ1v) is 7.00. The van der Waals surface area contributed by atoms with Crippen LogP contribution in [0.2, 0.25) is 5.02 Å². The molecule has 0 radical (unpaired) electrons. The van der Waals surface area contributed by atoms with E-state index in [2.05, 4.69) is 23.7 Å². The van der Waals surface area contributed by atoms with Crippen molar-refractivity contribution in [3.8, 4) is 0 Å². The fourth-order valence-corrected chi connectivity index (χ4v) is 2.63. The Morgan fingerprint density at radius 3 is 2.83 bits per heavy atom. The van der Waals surface area contributed by atoms with E-state index in [4.69, 9.17) is 17.3 Å². The molecular weight excluding hydrogens is 246 g/mol. The van der Waals surface area contributed by atoms with Gasteiger partial charge in [0.15, 0.2) is 0 Å². The average Bonchev–Trinajstić information content (AvgIpc) is 2.51. The van der Waals surface area contributed by atoms with Crippen molar-refractivity contribution in [1.82, 2.24) is 4.98 Å². The molecular formula is C14H22ClN3. The smallest absolute Gasteiger partial charge is 0.128 e. The summed E-state index contributed by atoms with van der Waals surface area (Å²) in [6, 6.07) is 3.90. The van der Waals surface area contributed by atoms with Crippen LogP contribution in [0, 0.1) is 5.41 Å². The van der Waals surface area contributed by atoms with Crippen molar-refractivity contribution in [2.24, 2.45) is 11.1 Å². The van der Waals surface area contributed by atoms with E-state index < -0.39 is 0 Å². The van der Waals surface area contributed by atoms with Crippen LogP contribution in [-0.4, -0.2) is 18.1 Å². The molecule has 100 valence electrons. The third-order valence-electron chi connectivity index (χ3n) is 3.76. The first-order valence-electron chi connectivity index (χ1n) is 6.62. The van der Waals surface area contributed by atoms with Crippen LogP contribution in [0.5, 0.6) is 0 Å². The van der Waals surface area contributed by atoms with Crippen LogP contribution in [0.25, 0.3) is 0 Å². The molecule has 0 aliphatic carbocycles. The van der Waals surface area contributed by atoms with Crippen molar-refractivity contribution in [2.45, 2.75) is 39.7 Å². The van der Waals surface area contributed by atoms with Crippen LogP contribution in [-0.2, 0) is 6.54 Å². The number of hydrogen-bond acceptors (Lipinski definition) is 3. The van der Waals surface area contributed by atoms with E-state index in [1.165, 1.54) is 19.3 Å². The highest BCUT2D eigenvalue weighted by Gasteiger charge is 2.23. The van der Waals surface area contributed by atoms with Crippen LogP contribution >= 0.6 is 11.6 Å². The largest absolute Gasteiger partial charge is 0.357 e. The summed E-state index contributed by atoms with van der Waals surface area (Å²) >= 11 is 6.05. The minimum atomic E-state index is 0.395. The van der Waals surface area contributed by atoms with Gasteiger partial charge in [-0.05, 0) is 36.8 Å². The van der Waals surface area contributed by atoms with Crippen molar-refractivity contribution >= 4 is 17.4 Å². The minimum Gasteiger partial charge on any atom is -0.357 e. The van der Waals surface area contributed by atoms with Gasteiger partial charge < -0.3 is 10.6 Å². The fraction of sp³-hybridized carbons (Fsp3) is 0.643. The summed E-state index contributed by atoms with van der Waals surface area (Å²) in [5.41, 5.74) is 6.89. The van der Waals surface area contributed by atoms with Crippen molar-refractivity contribution in [3.63, 3.8) is 0 Å². The molecule has 2 N–H and O–H groups in total.